The molecule has 0 aliphatic carbocycles. The molecule has 5 nitrogen and oxygen atoms in total. The van der Waals surface area contributed by atoms with E-state index in [1.165, 1.54) is 0 Å². The van der Waals surface area contributed by atoms with Crippen LogP contribution in [0.1, 0.15) is 44.5 Å². The molecule has 2 atom stereocenters. The molecule has 2 rings (SSSR count). The van der Waals surface area contributed by atoms with Crippen molar-refractivity contribution >= 4 is 0 Å². The molecule has 0 aromatic carbocycles. The molecule has 0 amide bonds. The van der Waals surface area contributed by atoms with E-state index in [9.17, 15) is 5.11 Å². The predicted octanol–water partition coefficient (Wildman–Crippen LogP) is 1.48. The Bertz CT molecular complexity index is 332. The van der Waals surface area contributed by atoms with Gasteiger partial charge in [0, 0.05) is 6.61 Å². The number of aliphatic hydroxyl groups excluding tert-OH is 1. The molecule has 90 valence electrons. The van der Waals surface area contributed by atoms with Gasteiger partial charge in [-0.25, -0.2) is 0 Å². The minimum Gasteiger partial charge on any atom is -0.392 e. The summed E-state index contributed by atoms with van der Waals surface area (Å²) in [7, 11) is 0. The van der Waals surface area contributed by atoms with Crippen molar-refractivity contribution in [3.63, 3.8) is 0 Å². The van der Waals surface area contributed by atoms with Crippen LogP contribution >= 0.6 is 0 Å². The minimum atomic E-state index is -0.433. The quantitative estimate of drug-likeness (QED) is 0.842. The van der Waals surface area contributed by atoms with Crippen LogP contribution in [0, 0.1) is 5.92 Å². The maximum atomic E-state index is 9.70. The molecular weight excluding hydrogens is 208 g/mol. The van der Waals surface area contributed by atoms with Gasteiger partial charge in [0.05, 0.1) is 12.5 Å². The normalized spacial score (nSPS) is 22.9. The lowest BCUT2D eigenvalue weighted by molar-refractivity contribution is 0.102. The molecule has 0 unspecified atom stereocenters. The first-order valence-electron chi connectivity index (χ1n) is 5.79. The van der Waals surface area contributed by atoms with Crippen LogP contribution in [-0.4, -0.2) is 28.0 Å². The summed E-state index contributed by atoms with van der Waals surface area (Å²) in [6, 6.07) is 0. The summed E-state index contributed by atoms with van der Waals surface area (Å²) in [6.07, 6.45) is 1.96. The molecule has 0 bridgehead atoms. The Morgan fingerprint density at radius 3 is 2.94 bits per heavy atom. The second-order valence-electron chi connectivity index (χ2n) is 4.56. The fraction of sp³-hybridized carbons (Fsp3) is 0.818. The van der Waals surface area contributed by atoms with E-state index in [0.29, 0.717) is 18.1 Å². The van der Waals surface area contributed by atoms with Gasteiger partial charge in [0.1, 0.15) is 6.10 Å². The van der Waals surface area contributed by atoms with Crippen molar-refractivity contribution in [3.8, 4) is 0 Å². The van der Waals surface area contributed by atoms with E-state index in [0.717, 1.165) is 19.4 Å². The molecule has 1 N–H and O–H groups in total. The molecule has 1 aromatic rings. The Hall–Kier alpha value is -0.940. The molecule has 2 heterocycles. The second kappa shape index (κ2) is 4.93. The van der Waals surface area contributed by atoms with E-state index < -0.39 is 6.10 Å². The van der Waals surface area contributed by atoms with Gasteiger partial charge in [-0.1, -0.05) is 19.0 Å². The molecule has 1 aliphatic rings. The maximum Gasteiger partial charge on any atom is 0.229 e. The van der Waals surface area contributed by atoms with Crippen molar-refractivity contribution in [2.75, 3.05) is 6.61 Å². The minimum absolute atomic E-state index is 0.0197. The van der Waals surface area contributed by atoms with E-state index in [1.54, 1.807) is 0 Å². The maximum absolute atomic E-state index is 9.70. The lowest BCUT2D eigenvalue weighted by Crippen LogP contribution is -2.17. The molecular formula is C11H18N2O3. The van der Waals surface area contributed by atoms with Gasteiger partial charge in [-0.2, -0.15) is 4.98 Å². The Morgan fingerprint density at radius 2 is 2.31 bits per heavy atom. The monoisotopic (exact) mass is 226 g/mol. The highest BCUT2D eigenvalue weighted by Gasteiger charge is 2.24. The van der Waals surface area contributed by atoms with Gasteiger partial charge < -0.3 is 14.4 Å². The zero-order valence-corrected chi connectivity index (χ0v) is 9.72. The first-order chi connectivity index (χ1) is 7.66. The molecule has 1 aliphatic heterocycles. The molecule has 0 radical (unpaired) electrons. The average molecular weight is 226 g/mol. The van der Waals surface area contributed by atoms with E-state index in [4.69, 9.17) is 9.26 Å². The number of hydrogen-bond acceptors (Lipinski definition) is 5. The highest BCUT2D eigenvalue weighted by atomic mass is 16.5. The Labute approximate surface area is 94.8 Å². The van der Waals surface area contributed by atoms with Crippen LogP contribution in [0.4, 0.5) is 0 Å². The Kier molecular flexibility index (Phi) is 3.56. The third kappa shape index (κ3) is 2.59. The number of ether oxygens (including phenoxy) is 1. The van der Waals surface area contributed by atoms with E-state index in [1.807, 2.05) is 13.8 Å². The zero-order valence-electron chi connectivity index (χ0n) is 9.72. The molecule has 0 spiro atoms. The van der Waals surface area contributed by atoms with Gasteiger partial charge in [0.25, 0.3) is 0 Å². The second-order valence-corrected chi connectivity index (χ2v) is 4.56. The largest absolute Gasteiger partial charge is 0.392 e. The van der Waals surface area contributed by atoms with Crippen LogP contribution < -0.4 is 0 Å². The van der Waals surface area contributed by atoms with Gasteiger partial charge in [0.15, 0.2) is 0 Å². The van der Waals surface area contributed by atoms with Crippen LogP contribution in [0.2, 0.25) is 0 Å². The molecule has 1 aromatic heterocycles. The third-order valence-corrected chi connectivity index (χ3v) is 2.85. The highest BCUT2D eigenvalue weighted by Crippen LogP contribution is 2.26. The standard InChI is InChI=1S/C11H18N2O3/c1-7(2)8(14)6-10-12-11(13-16-10)9-4-3-5-15-9/h7-9,14H,3-6H2,1-2H3/t8-,9-/m0/s1. The average Bonchev–Trinajstić information content (AvgIpc) is 2.85. The number of nitrogens with zero attached hydrogens (tertiary/aromatic N) is 2. The van der Waals surface area contributed by atoms with Crippen LogP contribution in [-0.2, 0) is 11.2 Å². The summed E-state index contributed by atoms with van der Waals surface area (Å²) in [5, 5.41) is 13.6. The number of hydrogen-bond donors (Lipinski definition) is 1. The highest BCUT2D eigenvalue weighted by molar-refractivity contribution is 4.94. The van der Waals surface area contributed by atoms with E-state index >= 15 is 0 Å². The Morgan fingerprint density at radius 1 is 1.50 bits per heavy atom. The molecule has 1 saturated heterocycles. The van der Waals surface area contributed by atoms with Crippen molar-refractivity contribution in [3.05, 3.63) is 11.7 Å². The van der Waals surface area contributed by atoms with E-state index in [-0.39, 0.29) is 12.0 Å². The zero-order chi connectivity index (χ0) is 11.5. The fourth-order valence-corrected chi connectivity index (χ4v) is 1.68. The lowest BCUT2D eigenvalue weighted by atomic mass is 10.0. The SMILES string of the molecule is CC(C)[C@@H](O)Cc1nc([C@@H]2CCCO2)no1. The van der Waals surface area contributed by atoms with Crippen LogP contribution in [0.25, 0.3) is 0 Å². The summed E-state index contributed by atoms with van der Waals surface area (Å²) >= 11 is 0. The van der Waals surface area contributed by atoms with Gasteiger partial charge in [-0.15, -0.1) is 0 Å². The molecule has 0 saturated carbocycles. The van der Waals surface area contributed by atoms with Crippen LogP contribution in [0.15, 0.2) is 4.52 Å². The van der Waals surface area contributed by atoms with Gasteiger partial charge >= 0.3 is 0 Å². The van der Waals surface area contributed by atoms with E-state index in [2.05, 4.69) is 10.1 Å². The van der Waals surface area contributed by atoms with Crippen molar-refractivity contribution in [1.82, 2.24) is 10.1 Å². The topological polar surface area (TPSA) is 68.4 Å². The summed E-state index contributed by atoms with van der Waals surface area (Å²) in [5.74, 6) is 1.30. The third-order valence-electron chi connectivity index (χ3n) is 2.85. The van der Waals surface area contributed by atoms with Crippen LogP contribution in [0.3, 0.4) is 0 Å². The summed E-state index contributed by atoms with van der Waals surface area (Å²) in [5.41, 5.74) is 0. The fourth-order valence-electron chi connectivity index (χ4n) is 1.68. The lowest BCUT2D eigenvalue weighted by Gasteiger charge is -2.10. The summed E-state index contributed by atoms with van der Waals surface area (Å²) in [4.78, 5) is 4.25. The first-order valence-corrected chi connectivity index (χ1v) is 5.79. The number of rotatable bonds is 4. The summed E-state index contributed by atoms with van der Waals surface area (Å²) in [6.45, 7) is 4.69. The Balaban J connectivity index is 1.96. The molecule has 1 fully saturated rings. The summed E-state index contributed by atoms with van der Waals surface area (Å²) < 4.78 is 10.6. The van der Waals surface area contributed by atoms with Gasteiger partial charge in [-0.3, -0.25) is 0 Å². The van der Waals surface area contributed by atoms with Crippen molar-refractivity contribution in [2.45, 2.75) is 45.3 Å². The predicted molar refractivity (Wildman–Crippen MR) is 56.8 cm³/mol. The molecule has 16 heavy (non-hydrogen) atoms. The first kappa shape index (κ1) is 11.5. The smallest absolute Gasteiger partial charge is 0.229 e. The van der Waals surface area contributed by atoms with Crippen LogP contribution in [0.5, 0.6) is 0 Å². The van der Waals surface area contributed by atoms with Gasteiger partial charge in [-0.05, 0) is 18.8 Å². The van der Waals surface area contributed by atoms with Gasteiger partial charge in [0.2, 0.25) is 11.7 Å². The van der Waals surface area contributed by atoms with Crippen molar-refractivity contribution < 1.29 is 14.4 Å². The van der Waals surface area contributed by atoms with Crippen molar-refractivity contribution in [2.24, 2.45) is 5.92 Å². The van der Waals surface area contributed by atoms with Crippen molar-refractivity contribution in [1.29, 1.82) is 0 Å². The number of aliphatic hydroxyl groups is 1. The molecule has 5 heteroatoms. The number of aromatic nitrogens is 2.